The molecule has 0 saturated carbocycles. The Bertz CT molecular complexity index is 323. The lowest BCUT2D eigenvalue weighted by molar-refractivity contribution is -0.136. The van der Waals surface area contributed by atoms with Crippen LogP contribution in [0.2, 0.25) is 0 Å². The van der Waals surface area contributed by atoms with Crippen molar-refractivity contribution in [1.29, 1.82) is 0 Å². The fourth-order valence-corrected chi connectivity index (χ4v) is 1.09. The molecule has 0 fully saturated rings. The van der Waals surface area contributed by atoms with Crippen molar-refractivity contribution in [3.63, 3.8) is 0 Å². The van der Waals surface area contributed by atoms with Crippen molar-refractivity contribution in [2.24, 2.45) is 0 Å². The van der Waals surface area contributed by atoms with Crippen LogP contribution in [0.1, 0.15) is 12.0 Å². The molecule has 70 valence electrons. The Morgan fingerprint density at radius 1 is 1.38 bits per heavy atom. The van der Waals surface area contributed by atoms with Crippen LogP contribution in [-0.4, -0.2) is 11.1 Å². The Morgan fingerprint density at radius 3 is 2.69 bits per heavy atom. The minimum Gasteiger partial charge on any atom is -0.481 e. The van der Waals surface area contributed by atoms with Crippen molar-refractivity contribution in [2.45, 2.75) is 12.8 Å². The molecule has 0 atom stereocenters. The third kappa shape index (κ3) is 2.37. The van der Waals surface area contributed by atoms with Gasteiger partial charge in [0.1, 0.15) is 0 Å². The Balaban J connectivity index is 2.77. The Morgan fingerprint density at radius 2 is 2.08 bits per heavy atom. The molecular formula is C9H12N2O2. The first-order valence-corrected chi connectivity index (χ1v) is 3.96. The Hall–Kier alpha value is -1.71. The van der Waals surface area contributed by atoms with Crippen LogP contribution >= 0.6 is 0 Å². The van der Waals surface area contributed by atoms with E-state index in [2.05, 4.69) is 0 Å². The van der Waals surface area contributed by atoms with Crippen molar-refractivity contribution in [3.8, 4) is 0 Å². The van der Waals surface area contributed by atoms with Crippen molar-refractivity contribution < 1.29 is 9.90 Å². The molecule has 0 aromatic heterocycles. The molecule has 0 bridgehead atoms. The van der Waals surface area contributed by atoms with Gasteiger partial charge < -0.3 is 16.6 Å². The third-order valence-electron chi connectivity index (χ3n) is 1.84. The fourth-order valence-electron chi connectivity index (χ4n) is 1.09. The maximum Gasteiger partial charge on any atom is 0.303 e. The van der Waals surface area contributed by atoms with Crippen molar-refractivity contribution in [2.75, 3.05) is 11.5 Å². The molecule has 13 heavy (non-hydrogen) atoms. The van der Waals surface area contributed by atoms with E-state index >= 15 is 0 Å². The molecule has 5 N–H and O–H groups in total. The fraction of sp³-hybridized carbons (Fsp3) is 0.222. The van der Waals surface area contributed by atoms with Crippen molar-refractivity contribution >= 4 is 17.3 Å². The van der Waals surface area contributed by atoms with Gasteiger partial charge in [-0.2, -0.15) is 0 Å². The van der Waals surface area contributed by atoms with E-state index in [1.54, 1.807) is 18.2 Å². The summed E-state index contributed by atoms with van der Waals surface area (Å²) in [6.45, 7) is 0. The summed E-state index contributed by atoms with van der Waals surface area (Å²) in [5, 5.41) is 8.46. The Labute approximate surface area is 76.2 Å². The predicted molar refractivity (Wildman–Crippen MR) is 51.2 cm³/mol. The minimum atomic E-state index is -0.832. The van der Waals surface area contributed by atoms with E-state index in [-0.39, 0.29) is 6.42 Å². The van der Waals surface area contributed by atoms with E-state index in [0.717, 1.165) is 5.56 Å². The molecule has 1 aromatic carbocycles. The normalized spacial score (nSPS) is 9.85. The van der Waals surface area contributed by atoms with Crippen LogP contribution in [0, 0.1) is 0 Å². The zero-order valence-corrected chi connectivity index (χ0v) is 7.16. The number of hydrogen-bond donors (Lipinski definition) is 3. The summed E-state index contributed by atoms with van der Waals surface area (Å²) in [7, 11) is 0. The standard InChI is InChI=1S/C9H12N2O2/c10-7-3-1-2-6(9(7)11)4-5-8(12)13/h1-3H,4-5,10-11H2,(H,12,13). The molecule has 1 aromatic rings. The summed E-state index contributed by atoms with van der Waals surface area (Å²) < 4.78 is 0. The van der Waals surface area contributed by atoms with Crippen LogP contribution in [0.3, 0.4) is 0 Å². The van der Waals surface area contributed by atoms with Gasteiger partial charge >= 0.3 is 5.97 Å². The topological polar surface area (TPSA) is 89.3 Å². The molecule has 0 spiro atoms. The van der Waals surface area contributed by atoms with Gasteiger partial charge in [-0.15, -0.1) is 0 Å². The molecule has 0 heterocycles. The molecule has 0 aliphatic carbocycles. The molecule has 0 amide bonds. The van der Waals surface area contributed by atoms with Gasteiger partial charge in [-0.3, -0.25) is 4.79 Å². The number of hydrogen-bond acceptors (Lipinski definition) is 3. The number of carbonyl (C=O) groups is 1. The lowest BCUT2D eigenvalue weighted by Gasteiger charge is -2.05. The van der Waals surface area contributed by atoms with Gasteiger partial charge in [0, 0.05) is 6.42 Å². The molecular weight excluding hydrogens is 168 g/mol. The average molecular weight is 180 g/mol. The highest BCUT2D eigenvalue weighted by atomic mass is 16.4. The maximum absolute atomic E-state index is 10.3. The molecule has 1 rings (SSSR count). The molecule has 0 radical (unpaired) electrons. The summed E-state index contributed by atoms with van der Waals surface area (Å²) in [6, 6.07) is 5.25. The van der Waals surface area contributed by atoms with E-state index < -0.39 is 5.97 Å². The number of carboxylic acid groups (broad SMARTS) is 1. The van der Waals surface area contributed by atoms with Crippen LogP contribution in [0.25, 0.3) is 0 Å². The van der Waals surface area contributed by atoms with E-state index in [0.29, 0.717) is 17.8 Å². The second-order valence-electron chi connectivity index (χ2n) is 2.81. The smallest absolute Gasteiger partial charge is 0.303 e. The third-order valence-corrected chi connectivity index (χ3v) is 1.84. The Kier molecular flexibility index (Phi) is 2.74. The predicted octanol–water partition coefficient (Wildman–Crippen LogP) is 0.868. The van der Waals surface area contributed by atoms with Crippen LogP contribution in [0.5, 0.6) is 0 Å². The van der Waals surface area contributed by atoms with Gasteiger partial charge in [0.05, 0.1) is 11.4 Å². The number of aliphatic carboxylic acids is 1. The van der Waals surface area contributed by atoms with Crippen LogP contribution in [0.15, 0.2) is 18.2 Å². The highest BCUT2D eigenvalue weighted by Crippen LogP contribution is 2.20. The SMILES string of the molecule is Nc1cccc(CCC(=O)O)c1N. The highest BCUT2D eigenvalue weighted by Gasteiger charge is 2.04. The molecule has 0 aliphatic rings. The van der Waals surface area contributed by atoms with E-state index in [4.69, 9.17) is 16.6 Å². The largest absolute Gasteiger partial charge is 0.481 e. The number of para-hydroxylation sites is 1. The molecule has 0 saturated heterocycles. The first kappa shape index (κ1) is 9.38. The number of carboxylic acids is 1. The zero-order valence-electron chi connectivity index (χ0n) is 7.16. The van der Waals surface area contributed by atoms with Gasteiger partial charge in [-0.1, -0.05) is 12.1 Å². The number of nitrogen functional groups attached to an aromatic ring is 2. The number of nitrogens with two attached hydrogens (primary N) is 2. The first-order valence-electron chi connectivity index (χ1n) is 3.96. The summed E-state index contributed by atoms with van der Waals surface area (Å²) in [4.78, 5) is 10.3. The van der Waals surface area contributed by atoms with Gasteiger partial charge in [0.25, 0.3) is 0 Å². The molecule has 0 aliphatic heterocycles. The zero-order chi connectivity index (χ0) is 9.84. The molecule has 0 unspecified atom stereocenters. The number of aryl methyl sites for hydroxylation is 1. The van der Waals surface area contributed by atoms with E-state index in [1.165, 1.54) is 0 Å². The van der Waals surface area contributed by atoms with Crippen LogP contribution < -0.4 is 11.5 Å². The first-order chi connectivity index (χ1) is 6.11. The van der Waals surface area contributed by atoms with Crippen molar-refractivity contribution in [3.05, 3.63) is 23.8 Å². The van der Waals surface area contributed by atoms with Crippen LogP contribution in [-0.2, 0) is 11.2 Å². The van der Waals surface area contributed by atoms with E-state index in [9.17, 15) is 4.79 Å². The van der Waals surface area contributed by atoms with Gasteiger partial charge in [0.15, 0.2) is 0 Å². The summed E-state index contributed by atoms with van der Waals surface area (Å²) >= 11 is 0. The number of benzene rings is 1. The van der Waals surface area contributed by atoms with Gasteiger partial charge in [-0.05, 0) is 18.1 Å². The van der Waals surface area contributed by atoms with Crippen LogP contribution in [0.4, 0.5) is 11.4 Å². The number of anilines is 2. The summed E-state index contributed by atoms with van der Waals surface area (Å²) in [5.41, 5.74) is 13.0. The maximum atomic E-state index is 10.3. The average Bonchev–Trinajstić information content (AvgIpc) is 2.07. The highest BCUT2D eigenvalue weighted by molar-refractivity contribution is 5.70. The van der Waals surface area contributed by atoms with Gasteiger partial charge in [-0.25, -0.2) is 0 Å². The van der Waals surface area contributed by atoms with Crippen molar-refractivity contribution in [1.82, 2.24) is 0 Å². The summed E-state index contributed by atoms with van der Waals surface area (Å²) in [6.07, 6.45) is 0.500. The minimum absolute atomic E-state index is 0.0770. The molecule has 4 nitrogen and oxygen atoms in total. The quantitative estimate of drug-likeness (QED) is 0.602. The second-order valence-corrected chi connectivity index (χ2v) is 2.81. The lowest BCUT2D eigenvalue weighted by atomic mass is 10.1. The lowest BCUT2D eigenvalue weighted by Crippen LogP contribution is -2.02. The summed E-state index contributed by atoms with van der Waals surface area (Å²) in [5.74, 6) is -0.832. The van der Waals surface area contributed by atoms with E-state index in [1.807, 2.05) is 0 Å². The number of rotatable bonds is 3. The second kappa shape index (κ2) is 3.80. The monoisotopic (exact) mass is 180 g/mol. The molecule has 4 heteroatoms. The van der Waals surface area contributed by atoms with Gasteiger partial charge in [0.2, 0.25) is 0 Å².